The van der Waals surface area contributed by atoms with Crippen LogP contribution in [0.25, 0.3) is 0 Å². The van der Waals surface area contributed by atoms with Crippen LogP contribution in [0.3, 0.4) is 0 Å². The molecule has 2 aromatic carbocycles. The van der Waals surface area contributed by atoms with Crippen LogP contribution in [0.5, 0.6) is 5.75 Å². The van der Waals surface area contributed by atoms with Crippen molar-refractivity contribution in [3.63, 3.8) is 0 Å². The number of halogens is 1. The van der Waals surface area contributed by atoms with Gasteiger partial charge in [-0.2, -0.15) is 0 Å². The molecule has 2 aromatic rings. The minimum absolute atomic E-state index is 0.127. The van der Waals surface area contributed by atoms with Gasteiger partial charge in [0.1, 0.15) is 5.75 Å². The van der Waals surface area contributed by atoms with Gasteiger partial charge in [-0.05, 0) is 49.2 Å². The average Bonchev–Trinajstić information content (AvgIpc) is 2.48. The molecular formula is C16H18ClNO3S. The third-order valence-electron chi connectivity index (χ3n) is 3.49. The highest BCUT2D eigenvalue weighted by atomic mass is 35.5. The number of aryl methyl sites for hydroxylation is 2. The van der Waals surface area contributed by atoms with E-state index in [0.717, 1.165) is 11.1 Å². The van der Waals surface area contributed by atoms with E-state index in [1.165, 1.54) is 30.6 Å². The van der Waals surface area contributed by atoms with E-state index in [2.05, 4.69) is 0 Å². The molecule has 6 heteroatoms. The number of ether oxygens (including phenoxy) is 1. The van der Waals surface area contributed by atoms with Gasteiger partial charge in [-0.3, -0.25) is 4.31 Å². The molecule has 0 atom stereocenters. The largest absolute Gasteiger partial charge is 0.495 e. The molecule has 0 fully saturated rings. The molecule has 0 saturated carbocycles. The standard InChI is InChI=1S/C16H18ClNO3S/c1-11-5-6-12(2)15(9-11)18(3)22(19,20)13-7-8-16(21-4)14(17)10-13/h5-10H,1-4H3. The molecule has 0 saturated heterocycles. The molecule has 0 aliphatic carbocycles. The summed E-state index contributed by atoms with van der Waals surface area (Å²) in [6.07, 6.45) is 0. The number of benzene rings is 2. The summed E-state index contributed by atoms with van der Waals surface area (Å²) in [5, 5.41) is 0.262. The molecule has 118 valence electrons. The molecule has 0 N–H and O–H groups in total. The first kappa shape index (κ1) is 16.6. The van der Waals surface area contributed by atoms with E-state index in [1.807, 2.05) is 32.0 Å². The predicted molar refractivity (Wildman–Crippen MR) is 89.5 cm³/mol. The van der Waals surface area contributed by atoms with Gasteiger partial charge in [0.25, 0.3) is 10.0 Å². The topological polar surface area (TPSA) is 46.6 Å². The van der Waals surface area contributed by atoms with Crippen LogP contribution in [0, 0.1) is 13.8 Å². The summed E-state index contributed by atoms with van der Waals surface area (Å²) in [5.41, 5.74) is 2.53. The van der Waals surface area contributed by atoms with E-state index in [9.17, 15) is 8.42 Å². The number of hydrogen-bond donors (Lipinski definition) is 0. The van der Waals surface area contributed by atoms with Gasteiger partial charge in [0, 0.05) is 7.05 Å². The smallest absolute Gasteiger partial charge is 0.264 e. The Morgan fingerprint density at radius 2 is 1.77 bits per heavy atom. The normalized spacial score (nSPS) is 11.3. The molecule has 0 heterocycles. The lowest BCUT2D eigenvalue weighted by atomic mass is 10.1. The van der Waals surface area contributed by atoms with E-state index < -0.39 is 10.0 Å². The van der Waals surface area contributed by atoms with E-state index in [-0.39, 0.29) is 9.92 Å². The van der Waals surface area contributed by atoms with Gasteiger partial charge in [-0.15, -0.1) is 0 Å². The second-order valence-corrected chi connectivity index (χ2v) is 7.44. The van der Waals surface area contributed by atoms with Gasteiger partial charge in [0.05, 0.1) is 22.7 Å². The second-order valence-electron chi connectivity index (χ2n) is 5.06. The first-order valence-corrected chi connectivity index (χ1v) is 8.49. The quantitative estimate of drug-likeness (QED) is 0.851. The van der Waals surface area contributed by atoms with E-state index in [1.54, 1.807) is 6.07 Å². The summed E-state index contributed by atoms with van der Waals surface area (Å²) < 4.78 is 31.9. The maximum absolute atomic E-state index is 12.8. The molecule has 22 heavy (non-hydrogen) atoms. The Morgan fingerprint density at radius 1 is 1.09 bits per heavy atom. The lowest BCUT2D eigenvalue weighted by Crippen LogP contribution is -2.27. The Hall–Kier alpha value is -1.72. The van der Waals surface area contributed by atoms with Crippen LogP contribution in [0.15, 0.2) is 41.3 Å². The molecule has 0 aliphatic heterocycles. The number of rotatable bonds is 4. The van der Waals surface area contributed by atoms with E-state index in [0.29, 0.717) is 11.4 Å². The van der Waals surface area contributed by atoms with Crippen molar-refractivity contribution < 1.29 is 13.2 Å². The fraction of sp³-hybridized carbons (Fsp3) is 0.250. The lowest BCUT2D eigenvalue weighted by Gasteiger charge is -2.22. The zero-order valence-electron chi connectivity index (χ0n) is 12.9. The van der Waals surface area contributed by atoms with Crippen LogP contribution in [0.1, 0.15) is 11.1 Å². The Labute approximate surface area is 136 Å². The van der Waals surface area contributed by atoms with Crippen LogP contribution in [-0.4, -0.2) is 22.6 Å². The van der Waals surface area contributed by atoms with Crippen molar-refractivity contribution in [2.45, 2.75) is 18.7 Å². The van der Waals surface area contributed by atoms with Crippen molar-refractivity contribution in [2.24, 2.45) is 0 Å². The zero-order valence-corrected chi connectivity index (χ0v) is 14.5. The molecule has 4 nitrogen and oxygen atoms in total. The maximum atomic E-state index is 12.8. The molecule has 0 bridgehead atoms. The summed E-state index contributed by atoms with van der Waals surface area (Å²) in [7, 11) is -0.665. The van der Waals surface area contributed by atoms with Crippen molar-refractivity contribution in [3.8, 4) is 5.75 Å². The Bertz CT molecular complexity index is 803. The third-order valence-corrected chi connectivity index (χ3v) is 5.55. The van der Waals surface area contributed by atoms with Crippen molar-refractivity contribution in [3.05, 3.63) is 52.5 Å². The summed E-state index contributed by atoms with van der Waals surface area (Å²) in [6.45, 7) is 3.80. The fourth-order valence-corrected chi connectivity index (χ4v) is 3.75. The summed E-state index contributed by atoms with van der Waals surface area (Å²) in [6, 6.07) is 10.1. The first-order valence-electron chi connectivity index (χ1n) is 6.67. The SMILES string of the molecule is COc1ccc(S(=O)(=O)N(C)c2cc(C)ccc2C)cc1Cl. The molecule has 0 radical (unpaired) electrons. The number of sulfonamides is 1. The molecule has 0 amide bonds. The van der Waals surface area contributed by atoms with Gasteiger partial charge in [0.15, 0.2) is 0 Å². The highest BCUT2D eigenvalue weighted by Gasteiger charge is 2.23. The monoisotopic (exact) mass is 339 g/mol. The van der Waals surface area contributed by atoms with Gasteiger partial charge in [-0.1, -0.05) is 23.7 Å². The minimum Gasteiger partial charge on any atom is -0.495 e. The van der Waals surface area contributed by atoms with Crippen molar-refractivity contribution in [1.29, 1.82) is 0 Å². The summed E-state index contributed by atoms with van der Waals surface area (Å²) in [4.78, 5) is 0.127. The van der Waals surface area contributed by atoms with Gasteiger partial charge in [0.2, 0.25) is 0 Å². The Balaban J connectivity index is 2.49. The zero-order chi connectivity index (χ0) is 16.5. The first-order chi connectivity index (χ1) is 10.3. The van der Waals surface area contributed by atoms with Crippen LogP contribution in [-0.2, 0) is 10.0 Å². The Morgan fingerprint density at radius 3 is 2.36 bits per heavy atom. The minimum atomic E-state index is -3.69. The lowest BCUT2D eigenvalue weighted by molar-refractivity contribution is 0.414. The fourth-order valence-electron chi connectivity index (χ4n) is 2.15. The number of anilines is 1. The van der Waals surface area contributed by atoms with Crippen LogP contribution < -0.4 is 9.04 Å². The molecule has 2 rings (SSSR count). The molecule has 0 aliphatic rings. The number of nitrogens with zero attached hydrogens (tertiary/aromatic N) is 1. The van der Waals surface area contributed by atoms with Crippen LogP contribution in [0.2, 0.25) is 5.02 Å². The van der Waals surface area contributed by atoms with E-state index in [4.69, 9.17) is 16.3 Å². The van der Waals surface area contributed by atoms with Gasteiger partial charge in [-0.25, -0.2) is 8.42 Å². The van der Waals surface area contributed by atoms with Gasteiger partial charge < -0.3 is 4.74 Å². The predicted octanol–water partition coefficient (Wildman–Crippen LogP) is 3.79. The Kier molecular flexibility index (Phi) is 4.68. The van der Waals surface area contributed by atoms with Crippen molar-refractivity contribution >= 4 is 27.3 Å². The van der Waals surface area contributed by atoms with Crippen molar-refractivity contribution in [1.82, 2.24) is 0 Å². The van der Waals surface area contributed by atoms with E-state index >= 15 is 0 Å². The summed E-state index contributed by atoms with van der Waals surface area (Å²) >= 11 is 6.03. The van der Waals surface area contributed by atoms with Crippen molar-refractivity contribution in [2.75, 3.05) is 18.5 Å². The highest BCUT2D eigenvalue weighted by Crippen LogP contribution is 2.31. The second kappa shape index (κ2) is 6.18. The number of hydrogen-bond acceptors (Lipinski definition) is 3. The average molecular weight is 340 g/mol. The van der Waals surface area contributed by atoms with Crippen LogP contribution >= 0.6 is 11.6 Å². The molecule has 0 spiro atoms. The third kappa shape index (κ3) is 3.05. The summed E-state index contributed by atoms with van der Waals surface area (Å²) in [5.74, 6) is 0.440. The number of methoxy groups -OCH3 is 1. The highest BCUT2D eigenvalue weighted by molar-refractivity contribution is 7.92. The van der Waals surface area contributed by atoms with Gasteiger partial charge >= 0.3 is 0 Å². The van der Waals surface area contributed by atoms with Crippen LogP contribution in [0.4, 0.5) is 5.69 Å². The maximum Gasteiger partial charge on any atom is 0.264 e. The molecule has 0 unspecified atom stereocenters. The molecule has 0 aromatic heterocycles. The molecular weight excluding hydrogens is 322 g/mol.